The van der Waals surface area contributed by atoms with Gasteiger partial charge in [-0.1, -0.05) is 48.3 Å². The van der Waals surface area contributed by atoms with Gasteiger partial charge in [0.15, 0.2) is 6.54 Å². The van der Waals surface area contributed by atoms with E-state index in [2.05, 4.69) is 76.7 Å². The zero-order valence-corrected chi connectivity index (χ0v) is 14.8. The Morgan fingerprint density at radius 1 is 0.846 bits per heavy atom. The molecule has 0 radical (unpaired) electrons. The van der Waals surface area contributed by atoms with Gasteiger partial charge >= 0.3 is 6.01 Å². The lowest BCUT2D eigenvalue weighted by Crippen LogP contribution is -2.04. The first-order valence-corrected chi connectivity index (χ1v) is 9.19. The summed E-state index contributed by atoms with van der Waals surface area (Å²) >= 11 is 0. The molecule has 3 heteroatoms. The highest BCUT2D eigenvalue weighted by Gasteiger charge is 2.34. The van der Waals surface area contributed by atoms with Gasteiger partial charge in [0.2, 0.25) is 5.69 Å². The Kier molecular flexibility index (Phi) is 3.48. The lowest BCUT2D eigenvalue weighted by Gasteiger charge is -1.96. The molecule has 5 rings (SSSR count). The van der Waals surface area contributed by atoms with Crippen molar-refractivity contribution in [3.05, 3.63) is 66.7 Å². The van der Waals surface area contributed by atoms with Crippen molar-refractivity contribution in [3.63, 3.8) is 0 Å². The zero-order valence-electron chi connectivity index (χ0n) is 14.8. The van der Waals surface area contributed by atoms with E-state index in [1.165, 1.54) is 17.8 Å². The van der Waals surface area contributed by atoms with Gasteiger partial charge < -0.3 is 4.42 Å². The van der Waals surface area contributed by atoms with Crippen LogP contribution in [0.3, 0.4) is 0 Å². The average Bonchev–Trinajstić information content (AvgIpc) is 3.24. The Bertz CT molecular complexity index is 1210. The van der Waals surface area contributed by atoms with E-state index < -0.39 is 0 Å². The third-order valence-corrected chi connectivity index (χ3v) is 4.99. The Morgan fingerprint density at radius 2 is 1.62 bits per heavy atom. The molecule has 1 aliphatic rings. The van der Waals surface area contributed by atoms with Gasteiger partial charge in [-0.25, -0.2) is 0 Å². The monoisotopic (exact) mass is 340 g/mol. The van der Waals surface area contributed by atoms with E-state index in [1.807, 2.05) is 12.1 Å². The van der Waals surface area contributed by atoms with Gasteiger partial charge in [-0.3, -0.25) is 0 Å². The Labute approximate surface area is 152 Å². The predicted molar refractivity (Wildman–Crippen MR) is 106 cm³/mol. The van der Waals surface area contributed by atoms with Gasteiger partial charge in [-0.2, -0.15) is 0 Å². The molecule has 2 heterocycles. The average molecular weight is 340 g/mol. The summed E-state index contributed by atoms with van der Waals surface area (Å²) in [6.07, 6.45) is 2.33. The molecule has 0 saturated carbocycles. The summed E-state index contributed by atoms with van der Waals surface area (Å²) in [5.41, 5.74) is 5.36. The molecule has 0 aliphatic carbocycles. The third kappa shape index (κ3) is 2.29. The smallest absolute Gasteiger partial charge is 0.456 e. The number of fused-ring (bicyclic) bond motifs is 4. The topological polar surface area (TPSA) is 19.2 Å². The number of furan rings is 1. The maximum absolute atomic E-state index is 5.96. The number of para-hydroxylation sites is 3. The van der Waals surface area contributed by atoms with Gasteiger partial charge in [0.05, 0.1) is 0 Å². The van der Waals surface area contributed by atoms with E-state index in [9.17, 15) is 0 Å². The van der Waals surface area contributed by atoms with E-state index in [-0.39, 0.29) is 0 Å². The molecule has 0 amide bonds. The van der Waals surface area contributed by atoms with Crippen LogP contribution in [-0.4, -0.2) is 17.1 Å². The first-order valence-electron chi connectivity index (χ1n) is 9.19. The van der Waals surface area contributed by atoms with Crippen LogP contribution in [0, 0.1) is 0 Å². The van der Waals surface area contributed by atoms with Gasteiger partial charge in [0.25, 0.3) is 11.4 Å². The minimum absolute atomic E-state index is 0.922. The van der Waals surface area contributed by atoms with Crippen LogP contribution in [0.5, 0.6) is 0 Å². The van der Waals surface area contributed by atoms with Crippen LogP contribution in [0.25, 0.3) is 21.9 Å². The second-order valence-corrected chi connectivity index (χ2v) is 6.71. The van der Waals surface area contributed by atoms with Crippen molar-refractivity contribution in [3.8, 4) is 0 Å². The highest BCUT2D eigenvalue weighted by Crippen LogP contribution is 2.36. The number of benzene rings is 3. The van der Waals surface area contributed by atoms with Crippen LogP contribution in [-0.2, 0) is 0 Å². The predicted octanol–water partition coefficient (Wildman–Crippen LogP) is 6.05. The Hall–Kier alpha value is -3.16. The Balaban J connectivity index is 1.71. The summed E-state index contributed by atoms with van der Waals surface area (Å²) in [6, 6.07) is 26.6. The van der Waals surface area contributed by atoms with Crippen LogP contribution >= 0.6 is 0 Å². The molecule has 26 heavy (non-hydrogen) atoms. The van der Waals surface area contributed by atoms with E-state index in [0.29, 0.717) is 0 Å². The number of hydrogen-bond donors (Lipinski definition) is 0. The van der Waals surface area contributed by atoms with E-state index in [1.54, 1.807) is 0 Å². The van der Waals surface area contributed by atoms with Crippen LogP contribution in [0.4, 0.5) is 17.1 Å². The second-order valence-electron chi connectivity index (χ2n) is 6.71. The first-order chi connectivity index (χ1) is 12.8. The van der Waals surface area contributed by atoms with Crippen molar-refractivity contribution in [1.82, 2.24) is 4.58 Å². The van der Waals surface area contributed by atoms with Gasteiger partial charge in [-0.15, -0.1) is 0 Å². The summed E-state index contributed by atoms with van der Waals surface area (Å²) in [7, 11) is 0. The summed E-state index contributed by atoms with van der Waals surface area (Å²) in [5.74, 6) is 0. The summed E-state index contributed by atoms with van der Waals surface area (Å²) in [4.78, 5) is 0. The number of nitrogens with zero attached hydrogens (tertiary/aromatic N) is 2. The number of hydrogen-bond acceptors (Lipinski definition) is 1. The normalized spacial score (nSPS) is 13.1. The van der Waals surface area contributed by atoms with E-state index in [4.69, 9.17) is 4.42 Å². The summed E-state index contributed by atoms with van der Waals surface area (Å²) < 4.78 is 10.4. The van der Waals surface area contributed by atoms with Crippen molar-refractivity contribution in [2.75, 3.05) is 6.54 Å². The molecule has 0 N–H and O–H groups in total. The summed E-state index contributed by atoms with van der Waals surface area (Å²) in [6.45, 7) is 3.21. The molecule has 0 unspecified atom stereocenters. The van der Waals surface area contributed by atoms with Crippen LogP contribution in [0.15, 0.2) is 71.1 Å². The molecule has 4 aromatic rings. The molecule has 3 aromatic carbocycles. The van der Waals surface area contributed by atoms with Crippen LogP contribution in [0.1, 0.15) is 19.8 Å². The minimum atomic E-state index is 0.922. The molecule has 3 nitrogen and oxygen atoms in total. The molecule has 0 fully saturated rings. The minimum Gasteiger partial charge on any atom is -0.456 e. The first kappa shape index (κ1) is 15.1. The molecule has 1 aromatic heterocycles. The quantitative estimate of drug-likeness (QED) is 0.414. The highest BCUT2D eigenvalue weighted by molar-refractivity contribution is 6.06. The lowest BCUT2D eigenvalue weighted by molar-refractivity contribution is -0.431. The molecule has 1 aliphatic heterocycles. The van der Waals surface area contributed by atoms with Gasteiger partial charge in [-0.05, 0) is 16.7 Å². The standard InChI is InChI=1S/C23H20N2O/c1-2-3-14-24-16-25(21-10-6-5-9-20(21)24)17-12-13-23-19(15-17)18-8-4-7-11-22(18)26-23/h4-13,15H,2-3,14H2,1H3/q+2. The molecule has 0 saturated heterocycles. The van der Waals surface area contributed by atoms with Crippen molar-refractivity contribution in [2.24, 2.45) is 0 Å². The maximum Gasteiger partial charge on any atom is 0.496 e. The van der Waals surface area contributed by atoms with Crippen molar-refractivity contribution >= 4 is 45.0 Å². The number of rotatable bonds is 4. The van der Waals surface area contributed by atoms with Crippen molar-refractivity contribution < 1.29 is 8.99 Å². The Morgan fingerprint density at radius 3 is 2.50 bits per heavy atom. The zero-order chi connectivity index (χ0) is 17.5. The van der Waals surface area contributed by atoms with Crippen molar-refractivity contribution in [2.45, 2.75) is 19.8 Å². The fraction of sp³-hybridized carbons (Fsp3) is 0.174. The lowest BCUT2D eigenvalue weighted by atomic mass is 10.1. The van der Waals surface area contributed by atoms with E-state index >= 15 is 0 Å². The third-order valence-electron chi connectivity index (χ3n) is 4.99. The molecular formula is C23H20N2O+2. The molecule has 126 valence electrons. The van der Waals surface area contributed by atoms with Crippen LogP contribution in [0.2, 0.25) is 0 Å². The fourth-order valence-corrected chi connectivity index (χ4v) is 3.65. The largest absolute Gasteiger partial charge is 0.496 e. The van der Waals surface area contributed by atoms with Crippen LogP contribution < -0.4 is 4.58 Å². The molecule has 0 spiro atoms. The fourth-order valence-electron chi connectivity index (χ4n) is 3.65. The highest BCUT2D eigenvalue weighted by atomic mass is 16.3. The number of unbranched alkanes of at least 4 members (excludes halogenated alkanes) is 1. The van der Waals surface area contributed by atoms with Crippen molar-refractivity contribution in [1.29, 1.82) is 0 Å². The SMILES string of the molecule is CCCC[N+]1=C=[N+](c2ccc3oc4ccccc4c3c2)c2ccccc21. The maximum atomic E-state index is 5.96. The summed E-state index contributed by atoms with van der Waals surface area (Å²) in [5, 5.41) is 2.30. The van der Waals surface area contributed by atoms with E-state index in [0.717, 1.165) is 40.6 Å². The molecule has 0 bridgehead atoms. The van der Waals surface area contributed by atoms with Gasteiger partial charge in [0.1, 0.15) is 11.2 Å². The molecule has 0 atom stereocenters. The molecular weight excluding hydrogens is 320 g/mol. The van der Waals surface area contributed by atoms with Gasteiger partial charge in [0, 0.05) is 41.5 Å². The second kappa shape index (κ2) is 5.98.